The van der Waals surface area contributed by atoms with Crippen molar-refractivity contribution in [2.75, 3.05) is 46.1 Å². The third-order valence-electron chi connectivity index (χ3n) is 3.52. The molecule has 0 spiro atoms. The van der Waals surface area contributed by atoms with Gasteiger partial charge in [-0.25, -0.2) is 0 Å². The number of hydrogen-bond acceptors (Lipinski definition) is 4. The quantitative estimate of drug-likeness (QED) is 0.745. The molecule has 2 rings (SSSR count). The Hall–Kier alpha value is -0.160. The van der Waals surface area contributed by atoms with Gasteiger partial charge in [0, 0.05) is 26.2 Å². The van der Waals surface area contributed by atoms with Crippen LogP contribution in [0, 0.1) is 5.92 Å². The zero-order valence-corrected chi connectivity index (χ0v) is 9.94. The number of nitrogens with zero attached hydrogens (tertiary/aromatic N) is 1. The molecule has 94 valence electrons. The van der Waals surface area contributed by atoms with Gasteiger partial charge in [0.25, 0.3) is 0 Å². The molecular weight excluding hydrogens is 206 g/mol. The number of likely N-dealkylation sites (tertiary alicyclic amines) is 1. The predicted molar refractivity (Wildman–Crippen MR) is 61.4 cm³/mol. The van der Waals surface area contributed by atoms with Crippen molar-refractivity contribution in [3.63, 3.8) is 0 Å². The van der Waals surface area contributed by atoms with Crippen molar-refractivity contribution in [1.82, 2.24) is 4.90 Å². The largest absolute Gasteiger partial charge is 0.394 e. The van der Waals surface area contributed by atoms with Crippen LogP contribution in [-0.4, -0.2) is 62.2 Å². The van der Waals surface area contributed by atoms with E-state index in [4.69, 9.17) is 14.6 Å². The van der Waals surface area contributed by atoms with Gasteiger partial charge >= 0.3 is 0 Å². The number of aliphatic hydroxyl groups excluding tert-OH is 1. The van der Waals surface area contributed by atoms with Crippen molar-refractivity contribution in [3.8, 4) is 0 Å². The van der Waals surface area contributed by atoms with Gasteiger partial charge in [0.05, 0.1) is 25.9 Å². The Morgan fingerprint density at radius 3 is 2.69 bits per heavy atom. The first-order valence-electron chi connectivity index (χ1n) is 6.41. The van der Waals surface area contributed by atoms with E-state index in [-0.39, 0.29) is 6.61 Å². The van der Waals surface area contributed by atoms with E-state index in [0.29, 0.717) is 12.7 Å². The average molecular weight is 229 g/mol. The topological polar surface area (TPSA) is 41.9 Å². The van der Waals surface area contributed by atoms with Crippen LogP contribution in [0.25, 0.3) is 0 Å². The molecule has 0 aromatic rings. The average Bonchev–Trinajstić information content (AvgIpc) is 2.81. The number of hydrogen-bond donors (Lipinski definition) is 1. The van der Waals surface area contributed by atoms with Gasteiger partial charge in [0.1, 0.15) is 0 Å². The normalized spacial score (nSPS) is 28.7. The van der Waals surface area contributed by atoms with E-state index >= 15 is 0 Å². The lowest BCUT2D eigenvalue weighted by Gasteiger charge is -2.33. The molecule has 0 amide bonds. The van der Waals surface area contributed by atoms with Crippen LogP contribution in [0.1, 0.15) is 19.3 Å². The Bertz CT molecular complexity index is 187. The van der Waals surface area contributed by atoms with Crippen LogP contribution in [0.15, 0.2) is 0 Å². The lowest BCUT2D eigenvalue weighted by atomic mass is 10.0. The van der Waals surface area contributed by atoms with Gasteiger partial charge < -0.3 is 19.5 Å². The fourth-order valence-corrected chi connectivity index (χ4v) is 2.57. The highest BCUT2D eigenvalue weighted by molar-refractivity contribution is 4.76. The Labute approximate surface area is 97.5 Å². The second-order valence-electron chi connectivity index (χ2n) is 4.82. The summed E-state index contributed by atoms with van der Waals surface area (Å²) in [5, 5.41) is 8.69. The summed E-state index contributed by atoms with van der Waals surface area (Å²) in [6.07, 6.45) is 3.80. The van der Waals surface area contributed by atoms with Crippen LogP contribution in [0.3, 0.4) is 0 Å². The number of rotatable bonds is 5. The molecule has 0 aromatic carbocycles. The van der Waals surface area contributed by atoms with Gasteiger partial charge in [-0.1, -0.05) is 0 Å². The van der Waals surface area contributed by atoms with E-state index in [0.717, 1.165) is 45.1 Å². The van der Waals surface area contributed by atoms with Crippen LogP contribution in [0.4, 0.5) is 0 Å². The minimum Gasteiger partial charge on any atom is -0.394 e. The molecule has 4 nitrogen and oxygen atoms in total. The minimum atomic E-state index is 0.139. The molecule has 1 unspecified atom stereocenters. The van der Waals surface area contributed by atoms with Crippen LogP contribution >= 0.6 is 0 Å². The smallest absolute Gasteiger partial charge is 0.0701 e. The summed E-state index contributed by atoms with van der Waals surface area (Å²) in [7, 11) is 0. The zero-order valence-electron chi connectivity index (χ0n) is 9.94. The fourth-order valence-electron chi connectivity index (χ4n) is 2.57. The van der Waals surface area contributed by atoms with Gasteiger partial charge in [0.2, 0.25) is 0 Å². The molecule has 2 saturated heterocycles. The molecule has 1 atom stereocenters. The molecule has 0 saturated carbocycles. The Balaban J connectivity index is 1.60. The summed E-state index contributed by atoms with van der Waals surface area (Å²) >= 11 is 0. The van der Waals surface area contributed by atoms with Gasteiger partial charge in [-0.15, -0.1) is 0 Å². The number of piperidine rings is 1. The monoisotopic (exact) mass is 229 g/mol. The van der Waals surface area contributed by atoms with Crippen molar-refractivity contribution >= 4 is 0 Å². The Kier molecular flexibility index (Phi) is 5.03. The summed E-state index contributed by atoms with van der Waals surface area (Å²) in [6.45, 7) is 5.97. The molecule has 0 aliphatic carbocycles. The fraction of sp³-hybridized carbons (Fsp3) is 1.00. The second kappa shape index (κ2) is 6.55. The SMILES string of the molecule is OCCOC1CCN(CC2CCOC2)CC1. The summed E-state index contributed by atoms with van der Waals surface area (Å²) < 4.78 is 10.9. The highest BCUT2D eigenvalue weighted by atomic mass is 16.5. The molecule has 0 bridgehead atoms. The molecule has 2 aliphatic rings. The van der Waals surface area contributed by atoms with Gasteiger partial charge in [-0.3, -0.25) is 0 Å². The number of ether oxygens (including phenoxy) is 2. The second-order valence-corrected chi connectivity index (χ2v) is 4.82. The van der Waals surface area contributed by atoms with E-state index < -0.39 is 0 Å². The van der Waals surface area contributed by atoms with Crippen LogP contribution in [0.5, 0.6) is 0 Å². The first-order valence-corrected chi connectivity index (χ1v) is 6.41. The van der Waals surface area contributed by atoms with Crippen molar-refractivity contribution in [1.29, 1.82) is 0 Å². The van der Waals surface area contributed by atoms with E-state index in [1.165, 1.54) is 13.0 Å². The van der Waals surface area contributed by atoms with Gasteiger partial charge in [-0.05, 0) is 25.2 Å². The molecule has 1 N–H and O–H groups in total. The highest BCUT2D eigenvalue weighted by Gasteiger charge is 2.23. The summed E-state index contributed by atoms with van der Waals surface area (Å²) in [5.74, 6) is 0.745. The van der Waals surface area contributed by atoms with E-state index in [9.17, 15) is 0 Å². The molecule has 4 heteroatoms. The van der Waals surface area contributed by atoms with E-state index in [1.54, 1.807) is 0 Å². The van der Waals surface area contributed by atoms with Crippen LogP contribution in [-0.2, 0) is 9.47 Å². The molecule has 16 heavy (non-hydrogen) atoms. The lowest BCUT2D eigenvalue weighted by molar-refractivity contribution is -0.0101. The third kappa shape index (κ3) is 3.70. The Morgan fingerprint density at radius 1 is 1.25 bits per heavy atom. The molecule has 2 aliphatic heterocycles. The van der Waals surface area contributed by atoms with Crippen molar-refractivity contribution < 1.29 is 14.6 Å². The number of aliphatic hydroxyl groups is 1. The molecule has 0 radical (unpaired) electrons. The third-order valence-corrected chi connectivity index (χ3v) is 3.52. The standard InChI is InChI=1S/C12H23NO3/c14-6-8-16-12-1-4-13(5-2-12)9-11-3-7-15-10-11/h11-12,14H,1-10H2. The molecule has 2 heterocycles. The molecule has 0 aromatic heterocycles. The maximum absolute atomic E-state index is 8.69. The summed E-state index contributed by atoms with van der Waals surface area (Å²) in [5.41, 5.74) is 0. The first-order chi connectivity index (χ1) is 7.88. The lowest BCUT2D eigenvalue weighted by Crippen LogP contribution is -2.40. The first kappa shape index (κ1) is 12.3. The van der Waals surface area contributed by atoms with Crippen LogP contribution < -0.4 is 0 Å². The van der Waals surface area contributed by atoms with Crippen molar-refractivity contribution in [2.45, 2.75) is 25.4 Å². The maximum atomic E-state index is 8.69. The molecule has 2 fully saturated rings. The van der Waals surface area contributed by atoms with Crippen molar-refractivity contribution in [3.05, 3.63) is 0 Å². The summed E-state index contributed by atoms with van der Waals surface area (Å²) in [4.78, 5) is 2.53. The maximum Gasteiger partial charge on any atom is 0.0701 e. The van der Waals surface area contributed by atoms with E-state index in [2.05, 4.69) is 4.90 Å². The Morgan fingerprint density at radius 2 is 2.06 bits per heavy atom. The molecular formula is C12H23NO3. The van der Waals surface area contributed by atoms with Gasteiger partial charge in [-0.2, -0.15) is 0 Å². The zero-order chi connectivity index (χ0) is 11.2. The van der Waals surface area contributed by atoms with Crippen molar-refractivity contribution in [2.24, 2.45) is 5.92 Å². The van der Waals surface area contributed by atoms with Crippen LogP contribution in [0.2, 0.25) is 0 Å². The van der Waals surface area contributed by atoms with Gasteiger partial charge in [0.15, 0.2) is 0 Å². The summed E-state index contributed by atoms with van der Waals surface area (Å²) in [6, 6.07) is 0. The highest BCUT2D eigenvalue weighted by Crippen LogP contribution is 2.18. The van der Waals surface area contributed by atoms with E-state index in [1.807, 2.05) is 0 Å². The minimum absolute atomic E-state index is 0.139. The predicted octanol–water partition coefficient (Wildman–Crippen LogP) is 0.496.